The van der Waals surface area contributed by atoms with Crippen LogP contribution >= 0.6 is 0 Å². The first kappa shape index (κ1) is 16.5. The number of nitrogens with zero attached hydrogens (tertiary/aromatic N) is 4. The number of hydrogen-bond acceptors (Lipinski definition) is 3. The number of urea groups is 1. The SMILES string of the molecule is C[C@H](NC(=O)N1CCC[C@@H](c2ccccc2)CC1)c1nncn1C. The van der Waals surface area contributed by atoms with Crippen LogP contribution in [0, 0.1) is 0 Å². The number of carbonyl (C=O) groups excluding carboxylic acids is 1. The molecule has 0 radical (unpaired) electrons. The normalized spacial score (nSPS) is 19.6. The van der Waals surface area contributed by atoms with E-state index in [9.17, 15) is 4.79 Å². The molecule has 2 amide bonds. The summed E-state index contributed by atoms with van der Waals surface area (Å²) in [5.41, 5.74) is 1.38. The quantitative estimate of drug-likeness (QED) is 0.943. The maximum absolute atomic E-state index is 12.6. The third-order valence-electron chi connectivity index (χ3n) is 4.76. The van der Waals surface area contributed by atoms with E-state index >= 15 is 0 Å². The Bertz CT molecular complexity index is 669. The van der Waals surface area contributed by atoms with Crippen molar-refractivity contribution in [2.24, 2.45) is 7.05 Å². The number of aryl methyl sites for hydroxylation is 1. The fourth-order valence-corrected chi connectivity index (χ4v) is 3.38. The number of carbonyl (C=O) groups is 1. The second-order valence-corrected chi connectivity index (χ2v) is 6.50. The second-order valence-electron chi connectivity index (χ2n) is 6.50. The molecule has 1 saturated heterocycles. The lowest BCUT2D eigenvalue weighted by Crippen LogP contribution is -2.42. The van der Waals surface area contributed by atoms with Crippen LogP contribution in [-0.4, -0.2) is 38.8 Å². The molecule has 24 heavy (non-hydrogen) atoms. The molecule has 2 aromatic rings. The van der Waals surface area contributed by atoms with E-state index in [1.165, 1.54) is 5.56 Å². The van der Waals surface area contributed by atoms with Crippen LogP contribution in [0.5, 0.6) is 0 Å². The van der Waals surface area contributed by atoms with Crippen molar-refractivity contribution in [1.82, 2.24) is 25.0 Å². The molecular weight excluding hydrogens is 302 g/mol. The zero-order valence-electron chi connectivity index (χ0n) is 14.4. The summed E-state index contributed by atoms with van der Waals surface area (Å²) >= 11 is 0. The number of benzene rings is 1. The van der Waals surface area contributed by atoms with Gasteiger partial charge in [-0.3, -0.25) is 0 Å². The molecule has 0 aliphatic carbocycles. The van der Waals surface area contributed by atoms with E-state index in [2.05, 4.69) is 39.8 Å². The Labute approximate surface area is 142 Å². The number of nitrogens with one attached hydrogen (secondary N) is 1. The zero-order valence-corrected chi connectivity index (χ0v) is 14.4. The summed E-state index contributed by atoms with van der Waals surface area (Å²) < 4.78 is 1.83. The van der Waals surface area contributed by atoms with E-state index in [0.717, 1.165) is 38.2 Å². The Morgan fingerprint density at radius 1 is 1.25 bits per heavy atom. The maximum Gasteiger partial charge on any atom is 0.317 e. The third-order valence-corrected chi connectivity index (χ3v) is 4.76. The molecular formula is C18H25N5O. The van der Waals surface area contributed by atoms with Crippen molar-refractivity contribution in [3.05, 3.63) is 48.0 Å². The predicted octanol–water partition coefficient (Wildman–Crippen LogP) is 2.86. The van der Waals surface area contributed by atoms with Crippen LogP contribution in [-0.2, 0) is 7.05 Å². The number of likely N-dealkylation sites (tertiary alicyclic amines) is 1. The lowest BCUT2D eigenvalue weighted by molar-refractivity contribution is 0.195. The van der Waals surface area contributed by atoms with Gasteiger partial charge < -0.3 is 14.8 Å². The topological polar surface area (TPSA) is 63.1 Å². The molecule has 1 fully saturated rings. The minimum Gasteiger partial charge on any atom is -0.328 e. The van der Waals surface area contributed by atoms with Gasteiger partial charge in [-0.2, -0.15) is 0 Å². The van der Waals surface area contributed by atoms with Gasteiger partial charge in [0, 0.05) is 20.1 Å². The molecule has 1 aliphatic heterocycles. The maximum atomic E-state index is 12.6. The van der Waals surface area contributed by atoms with Gasteiger partial charge in [0.2, 0.25) is 0 Å². The molecule has 0 spiro atoms. The van der Waals surface area contributed by atoms with Gasteiger partial charge in [-0.05, 0) is 37.7 Å². The van der Waals surface area contributed by atoms with Crippen LogP contribution in [0.3, 0.4) is 0 Å². The van der Waals surface area contributed by atoms with Crippen LogP contribution in [0.4, 0.5) is 4.79 Å². The molecule has 128 valence electrons. The highest BCUT2D eigenvalue weighted by Crippen LogP contribution is 2.27. The molecule has 2 heterocycles. The van der Waals surface area contributed by atoms with Crippen LogP contribution in [0.1, 0.15) is 49.5 Å². The van der Waals surface area contributed by atoms with E-state index < -0.39 is 0 Å². The summed E-state index contributed by atoms with van der Waals surface area (Å²) in [7, 11) is 1.88. The Hall–Kier alpha value is -2.37. The summed E-state index contributed by atoms with van der Waals surface area (Å²) in [5, 5.41) is 11.0. The molecule has 6 nitrogen and oxygen atoms in total. The van der Waals surface area contributed by atoms with E-state index in [-0.39, 0.29) is 12.1 Å². The molecule has 1 aromatic heterocycles. The van der Waals surface area contributed by atoms with Crippen molar-refractivity contribution in [2.45, 2.75) is 38.1 Å². The van der Waals surface area contributed by atoms with Crippen molar-refractivity contribution in [3.8, 4) is 0 Å². The average Bonchev–Trinajstić information content (AvgIpc) is 2.87. The lowest BCUT2D eigenvalue weighted by Gasteiger charge is -2.23. The van der Waals surface area contributed by atoms with Crippen LogP contribution in [0.15, 0.2) is 36.7 Å². The van der Waals surface area contributed by atoms with Crippen molar-refractivity contribution in [1.29, 1.82) is 0 Å². The van der Waals surface area contributed by atoms with E-state index in [1.54, 1.807) is 6.33 Å². The Morgan fingerprint density at radius 3 is 2.75 bits per heavy atom. The molecule has 1 N–H and O–H groups in total. The monoisotopic (exact) mass is 327 g/mol. The molecule has 0 bridgehead atoms. The number of rotatable bonds is 3. The van der Waals surface area contributed by atoms with E-state index in [4.69, 9.17) is 0 Å². The highest BCUT2D eigenvalue weighted by atomic mass is 16.2. The number of amides is 2. The van der Waals surface area contributed by atoms with E-state index in [0.29, 0.717) is 5.92 Å². The Kier molecular flexibility index (Phi) is 5.13. The number of aromatic nitrogens is 3. The average molecular weight is 327 g/mol. The number of hydrogen-bond donors (Lipinski definition) is 1. The zero-order chi connectivity index (χ0) is 16.9. The highest BCUT2D eigenvalue weighted by molar-refractivity contribution is 5.74. The van der Waals surface area contributed by atoms with Gasteiger partial charge in [0.25, 0.3) is 0 Å². The minimum absolute atomic E-state index is 0.0146. The Morgan fingerprint density at radius 2 is 2.04 bits per heavy atom. The van der Waals surface area contributed by atoms with Crippen molar-refractivity contribution >= 4 is 6.03 Å². The van der Waals surface area contributed by atoms with Gasteiger partial charge in [0.1, 0.15) is 6.33 Å². The summed E-state index contributed by atoms with van der Waals surface area (Å²) in [6.45, 7) is 3.53. The first-order chi connectivity index (χ1) is 11.6. The summed E-state index contributed by atoms with van der Waals surface area (Å²) in [4.78, 5) is 14.5. The largest absolute Gasteiger partial charge is 0.328 e. The molecule has 0 unspecified atom stereocenters. The first-order valence-electron chi connectivity index (χ1n) is 8.59. The van der Waals surface area contributed by atoms with Gasteiger partial charge in [0.05, 0.1) is 6.04 Å². The van der Waals surface area contributed by atoms with E-state index in [1.807, 2.05) is 29.5 Å². The van der Waals surface area contributed by atoms with Crippen molar-refractivity contribution < 1.29 is 4.79 Å². The van der Waals surface area contributed by atoms with Gasteiger partial charge in [-0.1, -0.05) is 30.3 Å². The highest BCUT2D eigenvalue weighted by Gasteiger charge is 2.23. The van der Waals surface area contributed by atoms with Gasteiger partial charge in [0.15, 0.2) is 5.82 Å². The summed E-state index contributed by atoms with van der Waals surface area (Å²) in [6.07, 6.45) is 4.82. The first-order valence-corrected chi connectivity index (χ1v) is 8.59. The lowest BCUT2D eigenvalue weighted by atomic mass is 9.92. The molecule has 1 aromatic carbocycles. The molecule has 6 heteroatoms. The second kappa shape index (κ2) is 7.47. The van der Waals surface area contributed by atoms with Crippen LogP contribution in [0.25, 0.3) is 0 Å². The summed E-state index contributed by atoms with van der Waals surface area (Å²) in [5.74, 6) is 1.31. The van der Waals surface area contributed by atoms with Crippen LogP contribution < -0.4 is 5.32 Å². The Balaban J connectivity index is 1.57. The van der Waals surface area contributed by atoms with Gasteiger partial charge >= 0.3 is 6.03 Å². The molecule has 1 aliphatic rings. The standard InChI is InChI=1S/C18H25N5O/c1-14(17-21-19-13-22(17)2)20-18(24)23-11-6-9-16(10-12-23)15-7-4-3-5-8-15/h3-5,7-8,13-14,16H,6,9-12H2,1-2H3,(H,20,24)/t14-,16+/m0/s1. The fourth-order valence-electron chi connectivity index (χ4n) is 3.38. The van der Waals surface area contributed by atoms with Gasteiger partial charge in [-0.15, -0.1) is 10.2 Å². The third kappa shape index (κ3) is 3.75. The summed E-state index contributed by atoms with van der Waals surface area (Å²) in [6, 6.07) is 10.4. The predicted molar refractivity (Wildman–Crippen MR) is 92.6 cm³/mol. The molecule has 0 saturated carbocycles. The smallest absolute Gasteiger partial charge is 0.317 e. The fraction of sp³-hybridized carbons (Fsp3) is 0.500. The minimum atomic E-state index is -0.154. The van der Waals surface area contributed by atoms with Gasteiger partial charge in [-0.25, -0.2) is 4.79 Å². The molecule has 3 rings (SSSR count). The van der Waals surface area contributed by atoms with Crippen molar-refractivity contribution in [3.63, 3.8) is 0 Å². The van der Waals surface area contributed by atoms with Crippen LogP contribution in [0.2, 0.25) is 0 Å². The van der Waals surface area contributed by atoms with Crippen molar-refractivity contribution in [2.75, 3.05) is 13.1 Å². The molecule has 2 atom stereocenters.